The number of carboxylic acid groups (broad SMARTS) is 2. The Morgan fingerprint density at radius 1 is 0.750 bits per heavy atom. The lowest BCUT2D eigenvalue weighted by molar-refractivity contribution is -0.200. The minimum atomic E-state index is -0.902. The first-order valence-electron chi connectivity index (χ1n) is 6.07. The molecule has 0 saturated heterocycles. The molecule has 0 aliphatic heterocycles. The standard InChI is InChI=1S/C12H16O4/c13-11(14)9-7-5-1-2-6(4-3-5)8(7)10(9)12(15)16/h5-10H,1-4H2,(H,13,14)(H,15,16)/t5?,6?,7-,8+,9+,10-. The van der Waals surface area contributed by atoms with Gasteiger partial charge in [-0.1, -0.05) is 0 Å². The third-order valence-corrected chi connectivity index (χ3v) is 5.14. The summed E-state index contributed by atoms with van der Waals surface area (Å²) in [6.07, 6.45) is 4.45. The summed E-state index contributed by atoms with van der Waals surface area (Å²) >= 11 is 0. The van der Waals surface area contributed by atoms with E-state index in [0.717, 1.165) is 25.7 Å². The Hall–Kier alpha value is -1.06. The number of rotatable bonds is 2. The Labute approximate surface area is 93.6 Å². The van der Waals surface area contributed by atoms with Gasteiger partial charge < -0.3 is 10.2 Å². The summed E-state index contributed by atoms with van der Waals surface area (Å²) in [5.74, 6) is -1.76. The van der Waals surface area contributed by atoms with E-state index in [2.05, 4.69) is 0 Å². The normalized spacial score (nSPS) is 49.2. The molecule has 0 amide bonds. The number of hydrogen-bond acceptors (Lipinski definition) is 2. The van der Waals surface area contributed by atoms with Crippen LogP contribution in [-0.2, 0) is 9.59 Å². The van der Waals surface area contributed by atoms with Crippen molar-refractivity contribution in [3.63, 3.8) is 0 Å². The van der Waals surface area contributed by atoms with Gasteiger partial charge in [0.15, 0.2) is 0 Å². The van der Waals surface area contributed by atoms with Crippen molar-refractivity contribution in [3.05, 3.63) is 0 Å². The molecule has 4 aliphatic rings. The zero-order valence-corrected chi connectivity index (χ0v) is 9.00. The van der Waals surface area contributed by atoms with Crippen LogP contribution in [0, 0.1) is 35.5 Å². The van der Waals surface area contributed by atoms with Crippen LogP contribution in [0.2, 0.25) is 0 Å². The van der Waals surface area contributed by atoms with Gasteiger partial charge >= 0.3 is 11.9 Å². The van der Waals surface area contributed by atoms with Crippen molar-refractivity contribution in [2.45, 2.75) is 25.7 Å². The molecule has 16 heavy (non-hydrogen) atoms. The van der Waals surface area contributed by atoms with Crippen LogP contribution < -0.4 is 0 Å². The van der Waals surface area contributed by atoms with Gasteiger partial charge in [-0.2, -0.15) is 0 Å². The summed E-state index contributed by atoms with van der Waals surface area (Å²) in [5, 5.41) is 18.3. The van der Waals surface area contributed by atoms with Crippen LogP contribution in [0.25, 0.3) is 0 Å². The Balaban J connectivity index is 1.91. The third-order valence-electron chi connectivity index (χ3n) is 5.14. The molecule has 0 spiro atoms. The van der Waals surface area contributed by atoms with E-state index in [1.54, 1.807) is 0 Å². The van der Waals surface area contributed by atoms with E-state index in [1.165, 1.54) is 0 Å². The molecule has 4 heteroatoms. The second-order valence-corrected chi connectivity index (χ2v) is 5.56. The lowest BCUT2D eigenvalue weighted by Gasteiger charge is -2.61. The first-order chi connectivity index (χ1) is 7.61. The highest BCUT2D eigenvalue weighted by Crippen LogP contribution is 2.63. The van der Waals surface area contributed by atoms with Crippen LogP contribution in [0.4, 0.5) is 0 Å². The van der Waals surface area contributed by atoms with Crippen molar-refractivity contribution in [2.75, 3.05) is 0 Å². The van der Waals surface area contributed by atoms with Gasteiger partial charge in [-0.25, -0.2) is 0 Å². The lowest BCUT2D eigenvalue weighted by atomic mass is 9.42. The van der Waals surface area contributed by atoms with Crippen LogP contribution in [0.5, 0.6) is 0 Å². The number of fused-ring (bicyclic) bond motifs is 2. The fraction of sp³-hybridized carbons (Fsp3) is 0.833. The molecule has 4 atom stereocenters. The second-order valence-electron chi connectivity index (χ2n) is 5.56. The molecule has 4 nitrogen and oxygen atoms in total. The summed E-state index contributed by atoms with van der Waals surface area (Å²) in [6, 6.07) is 0. The zero-order chi connectivity index (χ0) is 11.4. The molecule has 4 aliphatic carbocycles. The summed E-state index contributed by atoms with van der Waals surface area (Å²) in [5.41, 5.74) is 0. The van der Waals surface area contributed by atoms with Gasteiger partial charge in [-0.05, 0) is 49.4 Å². The van der Waals surface area contributed by atoms with Crippen molar-refractivity contribution in [1.29, 1.82) is 0 Å². The van der Waals surface area contributed by atoms with E-state index in [9.17, 15) is 9.59 Å². The van der Waals surface area contributed by atoms with E-state index < -0.39 is 23.8 Å². The quantitative estimate of drug-likeness (QED) is 0.744. The molecule has 88 valence electrons. The Bertz CT molecular complexity index is 309. The third kappa shape index (κ3) is 1.10. The van der Waals surface area contributed by atoms with E-state index in [4.69, 9.17) is 10.2 Å². The maximum Gasteiger partial charge on any atom is 0.307 e. The van der Waals surface area contributed by atoms with Gasteiger partial charge in [-0.15, -0.1) is 0 Å². The van der Waals surface area contributed by atoms with E-state index in [1.807, 2.05) is 0 Å². The molecule has 0 aromatic rings. The van der Waals surface area contributed by atoms with Crippen LogP contribution in [0.1, 0.15) is 25.7 Å². The van der Waals surface area contributed by atoms with Crippen LogP contribution in [0.15, 0.2) is 0 Å². The van der Waals surface area contributed by atoms with Gasteiger partial charge in [0, 0.05) is 0 Å². The SMILES string of the molecule is O=C(O)[C@@H]1[C@H](C(=O)O)[C@H]2C3CCC(CC3)[C@@H]12. The van der Waals surface area contributed by atoms with Gasteiger partial charge in [0.1, 0.15) is 0 Å². The minimum absolute atomic E-state index is 0.158. The fourth-order valence-corrected chi connectivity index (χ4v) is 4.58. The highest BCUT2D eigenvalue weighted by atomic mass is 16.4. The molecule has 0 heterocycles. The molecule has 0 unspecified atom stereocenters. The van der Waals surface area contributed by atoms with Gasteiger partial charge in [0.25, 0.3) is 0 Å². The van der Waals surface area contributed by atoms with E-state index in [-0.39, 0.29) is 11.8 Å². The zero-order valence-electron chi connectivity index (χ0n) is 9.00. The number of aliphatic carboxylic acids is 2. The summed E-state index contributed by atoms with van der Waals surface area (Å²) in [4.78, 5) is 22.3. The monoisotopic (exact) mass is 224 g/mol. The van der Waals surface area contributed by atoms with Crippen LogP contribution in [0.3, 0.4) is 0 Å². The van der Waals surface area contributed by atoms with Crippen molar-refractivity contribution in [3.8, 4) is 0 Å². The molecular formula is C12H16O4. The van der Waals surface area contributed by atoms with Gasteiger partial charge in [0.2, 0.25) is 0 Å². The van der Waals surface area contributed by atoms with E-state index >= 15 is 0 Å². The average molecular weight is 224 g/mol. The predicted molar refractivity (Wildman–Crippen MR) is 54.7 cm³/mol. The van der Waals surface area contributed by atoms with Crippen LogP contribution in [-0.4, -0.2) is 22.2 Å². The molecule has 4 fully saturated rings. The molecule has 0 aromatic carbocycles. The highest BCUT2D eigenvalue weighted by Gasteiger charge is 2.64. The van der Waals surface area contributed by atoms with Crippen molar-refractivity contribution >= 4 is 11.9 Å². The minimum Gasteiger partial charge on any atom is -0.481 e. The molecule has 2 bridgehead atoms. The van der Waals surface area contributed by atoms with E-state index in [0.29, 0.717) is 11.8 Å². The number of hydrogen-bond donors (Lipinski definition) is 2. The Kier molecular flexibility index (Phi) is 2.03. The Morgan fingerprint density at radius 3 is 1.31 bits per heavy atom. The predicted octanol–water partition coefficient (Wildman–Crippen LogP) is 1.45. The summed E-state index contributed by atoms with van der Waals surface area (Å²) < 4.78 is 0. The van der Waals surface area contributed by atoms with Crippen molar-refractivity contribution in [1.82, 2.24) is 0 Å². The maximum absolute atomic E-state index is 11.2. The summed E-state index contributed by atoms with van der Waals surface area (Å²) in [7, 11) is 0. The molecule has 4 rings (SSSR count). The largest absolute Gasteiger partial charge is 0.481 e. The lowest BCUT2D eigenvalue weighted by Crippen LogP contribution is -2.62. The smallest absolute Gasteiger partial charge is 0.307 e. The van der Waals surface area contributed by atoms with Crippen molar-refractivity contribution < 1.29 is 19.8 Å². The first-order valence-corrected chi connectivity index (χ1v) is 6.07. The average Bonchev–Trinajstić information content (AvgIpc) is 2.16. The molecule has 0 radical (unpaired) electrons. The highest BCUT2D eigenvalue weighted by molar-refractivity contribution is 5.83. The first kappa shape index (κ1) is 10.1. The van der Waals surface area contributed by atoms with Crippen molar-refractivity contribution in [2.24, 2.45) is 35.5 Å². The van der Waals surface area contributed by atoms with Gasteiger partial charge in [-0.3, -0.25) is 9.59 Å². The van der Waals surface area contributed by atoms with Gasteiger partial charge in [0.05, 0.1) is 11.8 Å². The summed E-state index contributed by atoms with van der Waals surface area (Å²) in [6.45, 7) is 0. The van der Waals surface area contributed by atoms with Crippen LogP contribution >= 0.6 is 0 Å². The molecular weight excluding hydrogens is 208 g/mol. The number of carbonyl (C=O) groups is 2. The topological polar surface area (TPSA) is 74.6 Å². The fourth-order valence-electron chi connectivity index (χ4n) is 4.58. The molecule has 4 saturated carbocycles. The second kappa shape index (κ2) is 3.22. The maximum atomic E-state index is 11.2. The molecule has 0 aromatic heterocycles. The molecule has 2 N–H and O–H groups in total. The number of carboxylic acids is 2. The Morgan fingerprint density at radius 2 is 1.06 bits per heavy atom.